The summed E-state index contributed by atoms with van der Waals surface area (Å²) in [6.45, 7) is 5.71. The Bertz CT molecular complexity index is 697. The van der Waals surface area contributed by atoms with Gasteiger partial charge in [-0.3, -0.25) is 0 Å². The number of thiophene rings is 1. The molecule has 0 spiro atoms. The number of benzene rings is 1. The van der Waals surface area contributed by atoms with Crippen molar-refractivity contribution in [3.63, 3.8) is 0 Å². The molecule has 1 aromatic carbocycles. The lowest BCUT2D eigenvalue weighted by atomic mass is 10.2. The van der Waals surface area contributed by atoms with E-state index in [9.17, 15) is 0 Å². The molecule has 0 atom stereocenters. The Morgan fingerprint density at radius 2 is 1.89 bits per heavy atom. The summed E-state index contributed by atoms with van der Waals surface area (Å²) < 4.78 is 0. The molecule has 0 saturated carbocycles. The summed E-state index contributed by atoms with van der Waals surface area (Å²) in [4.78, 5) is 5.37. The number of thiocarbonyl (C=S) groups is 1. The third kappa shape index (κ3) is 6.75. The average Bonchev–Trinajstić information content (AvgIpc) is 3.04. The molecule has 0 aliphatic carbocycles. The van der Waals surface area contributed by atoms with Crippen molar-refractivity contribution in [2.45, 2.75) is 38.6 Å². The molecular formula is C21H29ClN3S2+. The Morgan fingerprint density at radius 3 is 2.59 bits per heavy atom. The van der Waals surface area contributed by atoms with Gasteiger partial charge in [0.05, 0.1) is 36.9 Å². The number of nitrogens with zero attached hydrogens (tertiary/aromatic N) is 1. The van der Waals surface area contributed by atoms with Crippen LogP contribution in [0, 0.1) is 0 Å². The highest BCUT2D eigenvalue weighted by Crippen LogP contribution is 2.21. The van der Waals surface area contributed by atoms with Gasteiger partial charge in [-0.05, 0) is 61.5 Å². The molecule has 27 heavy (non-hydrogen) atoms. The summed E-state index contributed by atoms with van der Waals surface area (Å²) in [5.74, 6) is 0. The predicted molar refractivity (Wildman–Crippen MR) is 121 cm³/mol. The van der Waals surface area contributed by atoms with Crippen LogP contribution >= 0.6 is 35.2 Å². The third-order valence-electron chi connectivity index (χ3n) is 5.10. The first-order valence-corrected chi connectivity index (χ1v) is 11.6. The van der Waals surface area contributed by atoms with Crippen LogP contribution in [-0.4, -0.2) is 36.2 Å². The minimum atomic E-state index is 0.699. The second-order valence-electron chi connectivity index (χ2n) is 7.18. The molecule has 1 aromatic heterocycles. The number of hydrogen-bond donors (Lipinski definition) is 2. The fraction of sp³-hybridized carbons (Fsp3) is 0.476. The van der Waals surface area contributed by atoms with Gasteiger partial charge in [-0.25, -0.2) is 0 Å². The van der Waals surface area contributed by atoms with Gasteiger partial charge in [0.25, 0.3) is 0 Å². The van der Waals surface area contributed by atoms with Crippen LogP contribution in [0.25, 0.3) is 0 Å². The number of nitrogens with one attached hydrogen (secondary N) is 2. The van der Waals surface area contributed by atoms with Gasteiger partial charge in [0, 0.05) is 17.8 Å². The molecular weight excluding hydrogens is 394 g/mol. The molecule has 146 valence electrons. The monoisotopic (exact) mass is 422 g/mol. The number of anilines is 1. The highest BCUT2D eigenvalue weighted by molar-refractivity contribution is 7.80. The van der Waals surface area contributed by atoms with E-state index < -0.39 is 0 Å². The normalized spacial score (nSPS) is 15.3. The van der Waals surface area contributed by atoms with Crippen molar-refractivity contribution in [1.82, 2.24) is 4.90 Å². The topological polar surface area (TPSA) is 19.7 Å². The maximum absolute atomic E-state index is 6.30. The van der Waals surface area contributed by atoms with E-state index in [1.165, 1.54) is 50.2 Å². The Kier molecular flexibility index (Phi) is 8.39. The summed E-state index contributed by atoms with van der Waals surface area (Å²) >= 11 is 13.8. The van der Waals surface area contributed by atoms with Crippen LogP contribution in [0.3, 0.4) is 0 Å². The first-order valence-electron chi connectivity index (χ1n) is 9.89. The molecule has 1 fully saturated rings. The summed E-state index contributed by atoms with van der Waals surface area (Å²) in [6.07, 6.45) is 6.71. The number of halogens is 1. The van der Waals surface area contributed by atoms with Crippen molar-refractivity contribution >= 4 is 46.0 Å². The lowest BCUT2D eigenvalue weighted by molar-refractivity contribution is -0.899. The van der Waals surface area contributed by atoms with Crippen LogP contribution in [-0.2, 0) is 6.54 Å². The van der Waals surface area contributed by atoms with Gasteiger partial charge in [0.15, 0.2) is 5.11 Å². The van der Waals surface area contributed by atoms with Crippen LogP contribution in [0.5, 0.6) is 0 Å². The number of likely N-dealkylation sites (tertiary alicyclic amines) is 1. The summed E-state index contributed by atoms with van der Waals surface area (Å²) in [7, 11) is 0. The number of quaternary nitrogens is 1. The van der Waals surface area contributed by atoms with E-state index in [-0.39, 0.29) is 0 Å². The van der Waals surface area contributed by atoms with E-state index in [2.05, 4.69) is 27.7 Å². The maximum Gasteiger partial charge on any atom is 0.173 e. The zero-order valence-corrected chi connectivity index (χ0v) is 18.1. The lowest BCUT2D eigenvalue weighted by Crippen LogP contribution is -3.11. The molecule has 0 amide bonds. The molecule has 0 bridgehead atoms. The van der Waals surface area contributed by atoms with Gasteiger partial charge in [0.1, 0.15) is 0 Å². The zero-order chi connectivity index (χ0) is 18.9. The molecule has 1 saturated heterocycles. The maximum atomic E-state index is 6.30. The molecule has 0 unspecified atom stereocenters. The van der Waals surface area contributed by atoms with Gasteiger partial charge in [-0.1, -0.05) is 29.8 Å². The van der Waals surface area contributed by atoms with Crippen molar-refractivity contribution in [1.29, 1.82) is 0 Å². The molecule has 1 aliphatic rings. The van der Waals surface area contributed by atoms with Crippen molar-refractivity contribution in [2.75, 3.05) is 31.5 Å². The van der Waals surface area contributed by atoms with Crippen LogP contribution in [0.15, 0.2) is 41.8 Å². The summed E-state index contributed by atoms with van der Waals surface area (Å²) in [5.41, 5.74) is 0.874. The zero-order valence-electron chi connectivity index (χ0n) is 15.8. The van der Waals surface area contributed by atoms with Gasteiger partial charge < -0.3 is 15.1 Å². The van der Waals surface area contributed by atoms with Crippen molar-refractivity contribution in [2.24, 2.45) is 0 Å². The number of para-hydroxylation sites is 1. The minimum absolute atomic E-state index is 0.699. The quantitative estimate of drug-likeness (QED) is 0.643. The van der Waals surface area contributed by atoms with Gasteiger partial charge in [-0.2, -0.15) is 0 Å². The number of hydrogen-bond acceptors (Lipinski definition) is 2. The Balaban J connectivity index is 1.58. The second kappa shape index (κ2) is 11.0. The average molecular weight is 423 g/mol. The van der Waals surface area contributed by atoms with Gasteiger partial charge in [0.2, 0.25) is 0 Å². The fourth-order valence-electron chi connectivity index (χ4n) is 3.60. The molecule has 6 heteroatoms. The third-order valence-corrected chi connectivity index (χ3v) is 6.65. The second-order valence-corrected chi connectivity index (χ2v) is 9.00. The number of rotatable bonds is 7. The van der Waals surface area contributed by atoms with Gasteiger partial charge >= 0.3 is 0 Å². The van der Waals surface area contributed by atoms with Crippen LogP contribution in [0.1, 0.15) is 37.0 Å². The van der Waals surface area contributed by atoms with E-state index >= 15 is 0 Å². The van der Waals surface area contributed by atoms with E-state index in [0.717, 1.165) is 30.3 Å². The highest BCUT2D eigenvalue weighted by atomic mass is 35.5. The van der Waals surface area contributed by atoms with Crippen molar-refractivity contribution < 1.29 is 4.90 Å². The molecule has 3 nitrogen and oxygen atoms in total. The summed E-state index contributed by atoms with van der Waals surface area (Å²) in [5, 5.41) is 6.92. The van der Waals surface area contributed by atoms with E-state index in [1.54, 1.807) is 16.2 Å². The van der Waals surface area contributed by atoms with Crippen LogP contribution in [0.4, 0.5) is 5.69 Å². The predicted octanol–water partition coefficient (Wildman–Crippen LogP) is 4.45. The molecule has 2 aromatic rings. The summed E-state index contributed by atoms with van der Waals surface area (Å²) in [6, 6.07) is 12.0. The Labute approximate surface area is 177 Å². The van der Waals surface area contributed by atoms with E-state index in [0.29, 0.717) is 5.02 Å². The molecule has 2 N–H and O–H groups in total. The van der Waals surface area contributed by atoms with Gasteiger partial charge in [-0.15, -0.1) is 11.3 Å². The fourth-order valence-corrected chi connectivity index (χ4v) is 4.77. The first kappa shape index (κ1) is 20.6. The van der Waals surface area contributed by atoms with Crippen LogP contribution < -0.4 is 10.2 Å². The molecule has 3 rings (SSSR count). The largest absolute Gasteiger partial charge is 0.344 e. The van der Waals surface area contributed by atoms with Crippen molar-refractivity contribution in [3.05, 3.63) is 51.7 Å². The molecule has 1 aliphatic heterocycles. The smallest absolute Gasteiger partial charge is 0.173 e. The standard InChI is InChI=1S/C21H28ClN3S2/c22-19-10-3-4-11-20(19)23-21(26)25(17-18-9-7-16-27-18)15-8-14-24-12-5-1-2-6-13-24/h3-4,7,9-11,16H,1-2,5-6,8,12-15,17H2,(H,23,26)/p+1. The first-order chi connectivity index (χ1) is 13.2. The minimum Gasteiger partial charge on any atom is -0.344 e. The van der Waals surface area contributed by atoms with Crippen LogP contribution in [0.2, 0.25) is 5.02 Å². The van der Waals surface area contributed by atoms with Crippen molar-refractivity contribution in [3.8, 4) is 0 Å². The van der Waals surface area contributed by atoms with E-state index in [4.69, 9.17) is 23.8 Å². The molecule has 0 radical (unpaired) electrons. The SMILES string of the molecule is S=C(Nc1ccccc1Cl)N(CCC[NH+]1CCCCCC1)Cc1cccs1. The molecule has 2 heterocycles. The lowest BCUT2D eigenvalue weighted by Gasteiger charge is -2.26. The Morgan fingerprint density at radius 1 is 1.11 bits per heavy atom. The highest BCUT2D eigenvalue weighted by Gasteiger charge is 2.16. The van der Waals surface area contributed by atoms with E-state index in [1.807, 2.05) is 24.3 Å². The Hall–Kier alpha value is -1.14.